The number of benzene rings is 3. The van der Waals surface area contributed by atoms with Crippen LogP contribution in [0, 0.1) is 5.82 Å². The lowest BCUT2D eigenvalue weighted by Gasteiger charge is -2.29. The first-order chi connectivity index (χ1) is 17.5. The van der Waals surface area contributed by atoms with Gasteiger partial charge in [0.1, 0.15) is 11.6 Å². The number of aliphatic hydroxyl groups is 1. The normalized spacial score (nSPS) is 13.7. The maximum Gasteiger partial charge on any atom is 0.303 e. The molecule has 0 bridgehead atoms. The number of amides is 1. The molecule has 0 saturated heterocycles. The molecule has 0 radical (unpaired) electrons. The smallest absolute Gasteiger partial charge is 0.303 e. The van der Waals surface area contributed by atoms with Gasteiger partial charge in [-0.3, -0.25) is 9.59 Å². The highest BCUT2D eigenvalue weighted by molar-refractivity contribution is 5.95. The Balaban J connectivity index is 1.46. The average Bonchev–Trinajstić information content (AvgIpc) is 3.72. The number of hydrogen-bond donors (Lipinski definition) is 2. The van der Waals surface area contributed by atoms with Crippen LogP contribution in [0.25, 0.3) is 11.1 Å². The predicted molar refractivity (Wildman–Crippen MR) is 134 cm³/mol. The second-order valence-corrected chi connectivity index (χ2v) is 8.97. The topological polar surface area (TPSA) is 87.1 Å². The summed E-state index contributed by atoms with van der Waals surface area (Å²) >= 11 is 0. The highest BCUT2D eigenvalue weighted by atomic mass is 19.1. The van der Waals surface area contributed by atoms with Crippen molar-refractivity contribution in [1.29, 1.82) is 0 Å². The minimum absolute atomic E-state index is 0.0668. The van der Waals surface area contributed by atoms with E-state index in [1.807, 2.05) is 0 Å². The van der Waals surface area contributed by atoms with E-state index in [1.54, 1.807) is 66.7 Å². The first kappa shape index (κ1) is 25.4. The molecule has 4 rings (SSSR count). The first-order valence-electron chi connectivity index (χ1n) is 12.2. The maximum atomic E-state index is 14.1. The Kier molecular flexibility index (Phi) is 8.33. The summed E-state index contributed by atoms with van der Waals surface area (Å²) in [6.07, 6.45) is 2.58. The largest absolute Gasteiger partial charge is 0.493 e. The van der Waals surface area contributed by atoms with Crippen molar-refractivity contribution in [2.45, 2.75) is 50.8 Å². The highest BCUT2D eigenvalue weighted by Crippen LogP contribution is 2.37. The van der Waals surface area contributed by atoms with E-state index in [9.17, 15) is 19.1 Å². The summed E-state index contributed by atoms with van der Waals surface area (Å²) in [6.45, 7) is 0.387. The molecule has 1 saturated carbocycles. The molecule has 6 nitrogen and oxygen atoms in total. The zero-order valence-electron chi connectivity index (χ0n) is 20.0. The molecule has 3 aromatic rings. The minimum atomic E-state index is -1.18. The molecule has 36 heavy (non-hydrogen) atoms. The summed E-state index contributed by atoms with van der Waals surface area (Å²) < 4.78 is 20.0. The molecule has 0 heterocycles. The van der Waals surface area contributed by atoms with Gasteiger partial charge in [-0.05, 0) is 61.9 Å². The second-order valence-electron chi connectivity index (χ2n) is 8.97. The van der Waals surface area contributed by atoms with Crippen LogP contribution in [0.3, 0.4) is 0 Å². The zero-order chi connectivity index (χ0) is 25.5. The predicted octanol–water partition coefficient (Wildman–Crippen LogP) is 5.81. The number of halogens is 1. The molecular formula is C29H30FNO5. The Labute approximate surface area is 210 Å². The number of carbonyl (C=O) groups excluding carboxylic acids is 1. The van der Waals surface area contributed by atoms with Crippen LogP contribution in [-0.4, -0.2) is 39.6 Å². The van der Waals surface area contributed by atoms with Crippen LogP contribution in [0.1, 0.15) is 60.7 Å². The van der Waals surface area contributed by atoms with E-state index in [2.05, 4.69) is 0 Å². The average molecular weight is 492 g/mol. The van der Waals surface area contributed by atoms with E-state index in [0.717, 1.165) is 19.3 Å². The van der Waals surface area contributed by atoms with Gasteiger partial charge < -0.3 is 19.8 Å². The molecule has 7 heteroatoms. The molecule has 2 N–H and O–H groups in total. The van der Waals surface area contributed by atoms with Gasteiger partial charge in [0.2, 0.25) is 0 Å². The van der Waals surface area contributed by atoms with Crippen molar-refractivity contribution in [3.05, 3.63) is 89.7 Å². The standard InChI is InChI=1S/C29H30FNO5/c30-25-10-5-3-8-23(25)20-13-15-21(16-14-20)28(34)31(22-17-18-22)29(35)24-9-4-6-11-26(24)36-19-7-1-2-12-27(32)33/h3-6,8-11,13-16,22,29,35H,1-2,7,12,17-19H2,(H,32,33). The van der Waals surface area contributed by atoms with Gasteiger partial charge in [-0.2, -0.15) is 0 Å². The third kappa shape index (κ3) is 6.29. The summed E-state index contributed by atoms with van der Waals surface area (Å²) in [5.74, 6) is -0.939. The molecule has 1 aliphatic rings. The van der Waals surface area contributed by atoms with Crippen LogP contribution in [0.2, 0.25) is 0 Å². The Morgan fingerprint density at radius 3 is 2.33 bits per heavy atom. The van der Waals surface area contributed by atoms with Crippen molar-refractivity contribution in [2.75, 3.05) is 6.61 Å². The number of hydrogen-bond acceptors (Lipinski definition) is 4. The second kappa shape index (κ2) is 11.8. The molecule has 1 aliphatic carbocycles. The Bertz CT molecular complexity index is 1190. The van der Waals surface area contributed by atoms with Gasteiger partial charge in [0.15, 0.2) is 6.23 Å². The number of nitrogens with zero attached hydrogens (tertiary/aromatic N) is 1. The third-order valence-corrected chi connectivity index (χ3v) is 6.24. The van der Waals surface area contributed by atoms with Gasteiger partial charge >= 0.3 is 5.97 Å². The number of carboxylic acid groups (broad SMARTS) is 1. The number of aliphatic hydroxyl groups excluding tert-OH is 1. The van der Waals surface area contributed by atoms with Crippen molar-refractivity contribution in [2.24, 2.45) is 0 Å². The Morgan fingerprint density at radius 1 is 0.944 bits per heavy atom. The number of ether oxygens (including phenoxy) is 1. The number of unbranched alkanes of at least 4 members (excludes halogenated alkanes) is 2. The van der Waals surface area contributed by atoms with Crippen molar-refractivity contribution in [3.8, 4) is 16.9 Å². The highest BCUT2D eigenvalue weighted by Gasteiger charge is 2.38. The lowest BCUT2D eigenvalue weighted by atomic mass is 10.0. The molecule has 1 unspecified atom stereocenters. The molecule has 188 valence electrons. The van der Waals surface area contributed by atoms with Gasteiger partial charge in [0.25, 0.3) is 5.91 Å². The number of rotatable bonds is 12. The summed E-state index contributed by atoms with van der Waals surface area (Å²) in [5, 5.41) is 20.0. The van der Waals surface area contributed by atoms with Crippen LogP contribution in [0.4, 0.5) is 4.39 Å². The summed E-state index contributed by atoms with van der Waals surface area (Å²) in [7, 11) is 0. The molecular weight excluding hydrogens is 461 g/mol. The molecule has 1 atom stereocenters. The van der Waals surface area contributed by atoms with Gasteiger partial charge in [0, 0.05) is 29.2 Å². The van der Waals surface area contributed by atoms with Crippen LogP contribution in [0.15, 0.2) is 72.8 Å². The van der Waals surface area contributed by atoms with Crippen molar-refractivity contribution in [3.63, 3.8) is 0 Å². The number of para-hydroxylation sites is 1. The van der Waals surface area contributed by atoms with Gasteiger partial charge in [-0.15, -0.1) is 0 Å². The minimum Gasteiger partial charge on any atom is -0.493 e. The van der Waals surface area contributed by atoms with Crippen molar-refractivity contribution >= 4 is 11.9 Å². The van der Waals surface area contributed by atoms with Crippen LogP contribution in [0.5, 0.6) is 5.75 Å². The fraction of sp³-hybridized carbons (Fsp3) is 0.310. The number of carbonyl (C=O) groups is 2. The quantitative estimate of drug-likeness (QED) is 0.247. The van der Waals surface area contributed by atoms with Crippen LogP contribution < -0.4 is 4.74 Å². The van der Waals surface area contributed by atoms with Crippen LogP contribution >= 0.6 is 0 Å². The fourth-order valence-corrected chi connectivity index (χ4v) is 4.18. The van der Waals surface area contributed by atoms with Gasteiger partial charge in [-0.25, -0.2) is 4.39 Å². The number of aliphatic carboxylic acids is 1. The molecule has 0 spiro atoms. The SMILES string of the molecule is O=C(O)CCCCCOc1ccccc1C(O)N(C(=O)c1ccc(-c2ccccc2F)cc1)C1CC1. The van der Waals surface area contributed by atoms with Crippen molar-refractivity contribution < 1.29 is 28.9 Å². The third-order valence-electron chi connectivity index (χ3n) is 6.24. The van der Waals surface area contributed by atoms with Crippen LogP contribution in [-0.2, 0) is 4.79 Å². The lowest BCUT2D eigenvalue weighted by molar-refractivity contribution is -0.137. The first-order valence-corrected chi connectivity index (χ1v) is 12.2. The van der Waals surface area contributed by atoms with E-state index in [4.69, 9.17) is 9.84 Å². The molecule has 0 aliphatic heterocycles. The van der Waals surface area contributed by atoms with Gasteiger partial charge in [-0.1, -0.05) is 48.5 Å². The summed E-state index contributed by atoms with van der Waals surface area (Å²) in [6, 6.07) is 20.3. The zero-order valence-corrected chi connectivity index (χ0v) is 20.0. The monoisotopic (exact) mass is 491 g/mol. The lowest BCUT2D eigenvalue weighted by Crippen LogP contribution is -2.37. The van der Waals surface area contributed by atoms with E-state index < -0.39 is 12.2 Å². The fourth-order valence-electron chi connectivity index (χ4n) is 4.18. The van der Waals surface area contributed by atoms with E-state index in [1.165, 1.54) is 11.0 Å². The van der Waals surface area contributed by atoms with Gasteiger partial charge in [0.05, 0.1) is 6.61 Å². The number of carboxylic acids is 1. The molecule has 1 amide bonds. The maximum absolute atomic E-state index is 14.1. The molecule has 1 fully saturated rings. The van der Waals surface area contributed by atoms with E-state index in [-0.39, 0.29) is 24.2 Å². The molecule has 0 aromatic heterocycles. The van der Waals surface area contributed by atoms with E-state index in [0.29, 0.717) is 47.5 Å². The van der Waals surface area contributed by atoms with Crippen molar-refractivity contribution in [1.82, 2.24) is 4.90 Å². The summed E-state index contributed by atoms with van der Waals surface area (Å²) in [5.41, 5.74) is 2.05. The van der Waals surface area contributed by atoms with E-state index >= 15 is 0 Å². The Hall–Kier alpha value is -3.71. The Morgan fingerprint density at radius 2 is 1.64 bits per heavy atom. The molecule has 3 aromatic carbocycles. The summed E-state index contributed by atoms with van der Waals surface area (Å²) in [4.78, 5) is 25.6.